The fourth-order valence-corrected chi connectivity index (χ4v) is 4.24. The van der Waals surface area contributed by atoms with Crippen LogP contribution in [-0.4, -0.2) is 24.7 Å². The molecule has 2 N–H and O–H groups in total. The molecule has 154 valence electrons. The third-order valence-corrected chi connectivity index (χ3v) is 6.17. The van der Waals surface area contributed by atoms with Crippen molar-refractivity contribution >= 4 is 5.69 Å². The molecular weight excluding hydrogens is 370 g/mol. The molecule has 0 radical (unpaired) electrons. The average molecular weight is 400 g/mol. The molecular formula is C26H29N3O. The molecule has 4 nitrogen and oxygen atoms in total. The number of pyridine rings is 1. The van der Waals surface area contributed by atoms with Crippen LogP contribution in [0, 0.1) is 12.8 Å². The van der Waals surface area contributed by atoms with E-state index in [9.17, 15) is 0 Å². The lowest BCUT2D eigenvalue weighted by Gasteiger charge is -2.28. The van der Waals surface area contributed by atoms with Gasteiger partial charge in [0.25, 0.3) is 0 Å². The van der Waals surface area contributed by atoms with Gasteiger partial charge in [-0.15, -0.1) is 0 Å². The molecule has 1 aliphatic heterocycles. The Kier molecular flexibility index (Phi) is 5.41. The number of fused-ring (bicyclic) bond motifs is 1. The summed E-state index contributed by atoms with van der Waals surface area (Å²) in [6, 6.07) is 17.8. The Hall–Kier alpha value is -2.85. The highest BCUT2D eigenvalue weighted by atomic mass is 16.5. The zero-order chi connectivity index (χ0) is 20.3. The van der Waals surface area contributed by atoms with Gasteiger partial charge in [0.2, 0.25) is 0 Å². The van der Waals surface area contributed by atoms with Gasteiger partial charge in [-0.3, -0.25) is 4.98 Å². The normalized spacial score (nSPS) is 18.0. The maximum atomic E-state index is 5.95. The van der Waals surface area contributed by atoms with Crippen LogP contribution in [0.4, 0.5) is 5.69 Å². The highest BCUT2D eigenvalue weighted by molar-refractivity contribution is 5.69. The summed E-state index contributed by atoms with van der Waals surface area (Å²) in [6.07, 6.45) is 7.37. The predicted molar refractivity (Wildman–Crippen MR) is 122 cm³/mol. The quantitative estimate of drug-likeness (QED) is 0.577. The van der Waals surface area contributed by atoms with Crippen molar-refractivity contribution in [2.24, 2.45) is 5.92 Å². The lowest BCUT2D eigenvalue weighted by Crippen LogP contribution is -2.34. The van der Waals surface area contributed by atoms with E-state index in [4.69, 9.17) is 4.74 Å². The van der Waals surface area contributed by atoms with Crippen molar-refractivity contribution in [2.45, 2.75) is 32.2 Å². The zero-order valence-electron chi connectivity index (χ0n) is 17.5. The van der Waals surface area contributed by atoms with E-state index in [1.54, 1.807) is 6.20 Å². The lowest BCUT2D eigenvalue weighted by atomic mass is 9.90. The summed E-state index contributed by atoms with van der Waals surface area (Å²) < 4.78 is 5.95. The number of benzene rings is 2. The maximum Gasteiger partial charge on any atom is 0.119 e. The number of hydrogen-bond acceptors (Lipinski definition) is 4. The van der Waals surface area contributed by atoms with E-state index >= 15 is 0 Å². The van der Waals surface area contributed by atoms with Crippen LogP contribution in [0.2, 0.25) is 0 Å². The Morgan fingerprint density at radius 1 is 1.13 bits per heavy atom. The summed E-state index contributed by atoms with van der Waals surface area (Å²) in [5.74, 6) is 1.77. The van der Waals surface area contributed by atoms with Gasteiger partial charge in [-0.05, 0) is 90.7 Å². The highest BCUT2D eigenvalue weighted by Gasteiger charge is 2.22. The molecule has 1 aliphatic carbocycles. The van der Waals surface area contributed by atoms with Crippen molar-refractivity contribution in [3.63, 3.8) is 0 Å². The number of anilines is 1. The lowest BCUT2D eigenvalue weighted by molar-refractivity contribution is 0.299. The predicted octanol–water partition coefficient (Wildman–Crippen LogP) is 5.14. The molecule has 5 rings (SSSR count). The maximum absolute atomic E-state index is 5.95. The number of nitrogens with one attached hydrogen (secondary N) is 2. The Labute approximate surface area is 178 Å². The average Bonchev–Trinajstić information content (AvgIpc) is 3.61. The van der Waals surface area contributed by atoms with Crippen LogP contribution in [0.25, 0.3) is 11.1 Å². The molecule has 2 aromatic carbocycles. The number of ether oxygens (including phenoxy) is 1. The fourth-order valence-electron chi connectivity index (χ4n) is 4.24. The van der Waals surface area contributed by atoms with Crippen molar-refractivity contribution in [3.05, 3.63) is 77.6 Å². The molecule has 4 heteroatoms. The monoisotopic (exact) mass is 399 g/mol. The fraction of sp³-hybridized carbons (Fsp3) is 0.346. The molecule has 1 aromatic heterocycles. The molecule has 1 atom stereocenters. The summed E-state index contributed by atoms with van der Waals surface area (Å²) >= 11 is 0. The number of nitrogens with zero attached hydrogens (tertiary/aromatic N) is 1. The Bertz CT molecular complexity index is 1010. The van der Waals surface area contributed by atoms with Crippen molar-refractivity contribution in [2.75, 3.05) is 25.0 Å². The highest BCUT2D eigenvalue weighted by Crippen LogP contribution is 2.33. The smallest absolute Gasteiger partial charge is 0.119 e. The van der Waals surface area contributed by atoms with Crippen LogP contribution in [0.3, 0.4) is 0 Å². The summed E-state index contributed by atoms with van der Waals surface area (Å²) in [7, 11) is 0. The van der Waals surface area contributed by atoms with Crippen molar-refractivity contribution < 1.29 is 4.74 Å². The Balaban J connectivity index is 1.32. The van der Waals surface area contributed by atoms with Gasteiger partial charge in [0.05, 0.1) is 12.3 Å². The van der Waals surface area contributed by atoms with Gasteiger partial charge in [-0.25, -0.2) is 0 Å². The van der Waals surface area contributed by atoms with E-state index in [1.807, 2.05) is 12.3 Å². The Morgan fingerprint density at radius 2 is 2.07 bits per heavy atom. The Morgan fingerprint density at radius 3 is 2.87 bits per heavy atom. The minimum atomic E-state index is 0.308. The standard InChI is InChI=1S/C26H29N3O/c1-18-13-23(30-17-19-4-5-19)7-9-24(18)20-6-8-25-21(14-20)10-12-28-26(25)16-29-22-3-2-11-27-15-22/h2-3,6-9,11,13-15,19,26,28-29H,4-5,10,12,16-17H2,1H3/t26-/m1/s1. The number of aromatic nitrogens is 1. The van der Waals surface area contributed by atoms with E-state index in [-0.39, 0.29) is 0 Å². The summed E-state index contributed by atoms with van der Waals surface area (Å²) in [5.41, 5.74) is 7.75. The second-order valence-electron chi connectivity index (χ2n) is 8.52. The van der Waals surface area contributed by atoms with Gasteiger partial charge in [0.15, 0.2) is 0 Å². The first-order valence-corrected chi connectivity index (χ1v) is 11.0. The molecule has 2 heterocycles. The molecule has 3 aromatic rings. The van der Waals surface area contributed by atoms with Crippen LogP contribution in [0.15, 0.2) is 60.9 Å². The van der Waals surface area contributed by atoms with Gasteiger partial charge < -0.3 is 15.4 Å². The zero-order valence-corrected chi connectivity index (χ0v) is 17.5. The third-order valence-electron chi connectivity index (χ3n) is 6.17. The first-order chi connectivity index (χ1) is 14.8. The summed E-state index contributed by atoms with van der Waals surface area (Å²) in [5, 5.41) is 7.15. The van der Waals surface area contributed by atoms with E-state index < -0.39 is 0 Å². The van der Waals surface area contributed by atoms with E-state index in [0.717, 1.165) is 43.5 Å². The SMILES string of the molecule is Cc1cc(OCC2CC2)ccc1-c1ccc2c(c1)CCN[C@@H]2CNc1cccnc1. The molecule has 0 bridgehead atoms. The van der Waals surface area contributed by atoms with Gasteiger partial charge >= 0.3 is 0 Å². The molecule has 2 aliphatic rings. The van der Waals surface area contributed by atoms with E-state index in [1.165, 1.54) is 40.7 Å². The minimum Gasteiger partial charge on any atom is -0.493 e. The first-order valence-electron chi connectivity index (χ1n) is 11.0. The third kappa shape index (κ3) is 4.34. The van der Waals surface area contributed by atoms with Gasteiger partial charge in [-0.1, -0.05) is 24.3 Å². The first kappa shape index (κ1) is 19.1. The minimum absolute atomic E-state index is 0.308. The topological polar surface area (TPSA) is 46.2 Å². The number of hydrogen-bond donors (Lipinski definition) is 2. The largest absolute Gasteiger partial charge is 0.493 e. The molecule has 0 amide bonds. The molecule has 0 unspecified atom stereocenters. The molecule has 30 heavy (non-hydrogen) atoms. The van der Waals surface area contributed by atoms with Crippen molar-refractivity contribution in [1.29, 1.82) is 0 Å². The van der Waals surface area contributed by atoms with Crippen LogP contribution < -0.4 is 15.4 Å². The van der Waals surface area contributed by atoms with E-state index in [2.05, 4.69) is 65.0 Å². The molecule has 1 fully saturated rings. The van der Waals surface area contributed by atoms with E-state index in [0.29, 0.717) is 6.04 Å². The number of rotatable bonds is 7. The van der Waals surface area contributed by atoms with Crippen LogP contribution in [0.1, 0.15) is 35.6 Å². The van der Waals surface area contributed by atoms with Crippen LogP contribution in [0.5, 0.6) is 5.75 Å². The second-order valence-corrected chi connectivity index (χ2v) is 8.52. The van der Waals surface area contributed by atoms with Crippen LogP contribution in [-0.2, 0) is 6.42 Å². The second kappa shape index (κ2) is 8.49. The molecule has 0 spiro atoms. The van der Waals surface area contributed by atoms with Gasteiger partial charge in [-0.2, -0.15) is 0 Å². The molecule has 1 saturated carbocycles. The molecule has 0 saturated heterocycles. The van der Waals surface area contributed by atoms with Crippen molar-refractivity contribution in [3.8, 4) is 16.9 Å². The van der Waals surface area contributed by atoms with Gasteiger partial charge in [0.1, 0.15) is 5.75 Å². The summed E-state index contributed by atoms with van der Waals surface area (Å²) in [4.78, 5) is 4.18. The summed E-state index contributed by atoms with van der Waals surface area (Å²) in [6.45, 7) is 4.90. The number of aryl methyl sites for hydroxylation is 1. The van der Waals surface area contributed by atoms with Crippen molar-refractivity contribution in [1.82, 2.24) is 10.3 Å². The van der Waals surface area contributed by atoms with Crippen LogP contribution >= 0.6 is 0 Å². The van der Waals surface area contributed by atoms with Gasteiger partial charge in [0, 0.05) is 25.0 Å².